The number of carbonyl (C=O) groups excluding carboxylic acids is 2. The lowest BCUT2D eigenvalue weighted by Crippen LogP contribution is -2.34. The van der Waals surface area contributed by atoms with Crippen LogP contribution in [0.4, 0.5) is 0 Å². The quantitative estimate of drug-likeness (QED) is 0.491. The number of amides is 1. The van der Waals surface area contributed by atoms with Crippen molar-refractivity contribution in [1.82, 2.24) is 4.90 Å². The molecule has 0 radical (unpaired) electrons. The van der Waals surface area contributed by atoms with E-state index in [-0.39, 0.29) is 12.5 Å². The Bertz CT molecular complexity index is 924. The van der Waals surface area contributed by atoms with Crippen LogP contribution in [0.3, 0.4) is 0 Å². The minimum absolute atomic E-state index is 0.268. The first-order chi connectivity index (χ1) is 14.6. The van der Waals surface area contributed by atoms with E-state index in [9.17, 15) is 9.59 Å². The smallest absolute Gasteiger partial charge is 0.331 e. The van der Waals surface area contributed by atoms with E-state index < -0.39 is 5.97 Å². The molecule has 0 atom stereocenters. The van der Waals surface area contributed by atoms with Crippen molar-refractivity contribution in [2.75, 3.05) is 33.5 Å². The van der Waals surface area contributed by atoms with Crippen molar-refractivity contribution in [3.63, 3.8) is 0 Å². The zero-order valence-electron chi connectivity index (χ0n) is 17.1. The SMILES string of the molecule is CCN(Cc1ccc2c(c1)OCCO2)C(=O)COC(=O)/C=C/c1cccc(OC)c1. The van der Waals surface area contributed by atoms with Crippen LogP contribution in [0, 0.1) is 0 Å². The zero-order chi connectivity index (χ0) is 21.3. The topological polar surface area (TPSA) is 74.3 Å². The first-order valence-electron chi connectivity index (χ1n) is 9.74. The van der Waals surface area contributed by atoms with Gasteiger partial charge >= 0.3 is 5.97 Å². The third-order valence-corrected chi connectivity index (χ3v) is 4.56. The molecule has 0 aliphatic carbocycles. The fourth-order valence-corrected chi connectivity index (χ4v) is 2.96. The van der Waals surface area contributed by atoms with Crippen molar-refractivity contribution in [3.05, 3.63) is 59.7 Å². The molecule has 0 saturated carbocycles. The van der Waals surface area contributed by atoms with Crippen LogP contribution in [0.25, 0.3) is 6.08 Å². The van der Waals surface area contributed by atoms with E-state index >= 15 is 0 Å². The lowest BCUT2D eigenvalue weighted by Gasteiger charge is -2.23. The minimum Gasteiger partial charge on any atom is -0.497 e. The van der Waals surface area contributed by atoms with Crippen molar-refractivity contribution >= 4 is 18.0 Å². The van der Waals surface area contributed by atoms with Gasteiger partial charge in [-0.25, -0.2) is 4.79 Å². The number of carbonyl (C=O) groups is 2. The number of hydrogen-bond acceptors (Lipinski definition) is 6. The molecule has 1 aliphatic heterocycles. The molecule has 2 aromatic carbocycles. The number of fused-ring (bicyclic) bond motifs is 1. The van der Waals surface area contributed by atoms with Crippen LogP contribution < -0.4 is 14.2 Å². The van der Waals surface area contributed by atoms with Crippen LogP contribution >= 0.6 is 0 Å². The lowest BCUT2D eigenvalue weighted by atomic mass is 10.1. The average Bonchev–Trinajstić information content (AvgIpc) is 2.79. The first-order valence-corrected chi connectivity index (χ1v) is 9.74. The maximum atomic E-state index is 12.5. The van der Waals surface area contributed by atoms with E-state index in [4.69, 9.17) is 18.9 Å². The molecule has 3 rings (SSSR count). The fourth-order valence-electron chi connectivity index (χ4n) is 2.96. The molecule has 7 heteroatoms. The van der Waals surface area contributed by atoms with Crippen molar-refractivity contribution in [3.8, 4) is 17.2 Å². The van der Waals surface area contributed by atoms with Crippen molar-refractivity contribution in [1.29, 1.82) is 0 Å². The number of ether oxygens (including phenoxy) is 4. The highest BCUT2D eigenvalue weighted by atomic mass is 16.6. The summed E-state index contributed by atoms with van der Waals surface area (Å²) in [6.45, 7) is 3.48. The lowest BCUT2D eigenvalue weighted by molar-refractivity contribution is -0.148. The molecular weight excluding hydrogens is 386 g/mol. The Hall–Kier alpha value is -3.48. The summed E-state index contributed by atoms with van der Waals surface area (Å²) in [5, 5.41) is 0. The second kappa shape index (κ2) is 10.3. The van der Waals surface area contributed by atoms with Gasteiger partial charge in [-0.3, -0.25) is 4.79 Å². The number of benzene rings is 2. The van der Waals surface area contributed by atoms with Gasteiger partial charge in [0.25, 0.3) is 5.91 Å². The molecule has 2 aromatic rings. The van der Waals surface area contributed by atoms with E-state index in [1.54, 1.807) is 24.2 Å². The predicted octanol–water partition coefficient (Wildman–Crippen LogP) is 3.07. The zero-order valence-corrected chi connectivity index (χ0v) is 17.1. The van der Waals surface area contributed by atoms with Gasteiger partial charge in [0.2, 0.25) is 0 Å². The molecular formula is C23H25NO6. The van der Waals surface area contributed by atoms with Crippen LogP contribution in [-0.2, 0) is 20.9 Å². The number of rotatable bonds is 8. The number of methoxy groups -OCH3 is 1. The Balaban J connectivity index is 1.52. The Kier molecular flexibility index (Phi) is 7.32. The maximum Gasteiger partial charge on any atom is 0.331 e. The van der Waals surface area contributed by atoms with Crippen LogP contribution in [0.15, 0.2) is 48.5 Å². The summed E-state index contributed by atoms with van der Waals surface area (Å²) in [7, 11) is 1.58. The summed E-state index contributed by atoms with van der Waals surface area (Å²) in [4.78, 5) is 26.1. The highest BCUT2D eigenvalue weighted by molar-refractivity contribution is 5.89. The first kappa shape index (κ1) is 21.2. The van der Waals surface area contributed by atoms with Crippen LogP contribution in [0.1, 0.15) is 18.1 Å². The van der Waals surface area contributed by atoms with Crippen LogP contribution in [0.5, 0.6) is 17.2 Å². The monoisotopic (exact) mass is 411 g/mol. The molecule has 0 spiro atoms. The standard InChI is InChI=1S/C23H25NO6/c1-3-24(15-18-7-9-20-21(14-18)29-12-11-28-20)22(25)16-30-23(26)10-8-17-5-4-6-19(13-17)27-2/h4-10,13-14H,3,11-12,15-16H2,1-2H3/b10-8+. The van der Waals surface area contributed by atoms with Crippen molar-refractivity contribution in [2.45, 2.75) is 13.5 Å². The van der Waals surface area contributed by atoms with Gasteiger partial charge in [0.1, 0.15) is 19.0 Å². The molecule has 0 bridgehead atoms. The number of hydrogen-bond donors (Lipinski definition) is 0. The van der Waals surface area contributed by atoms with E-state index in [0.717, 1.165) is 11.1 Å². The van der Waals surface area contributed by atoms with E-state index in [1.807, 2.05) is 43.3 Å². The second-order valence-corrected chi connectivity index (χ2v) is 6.60. The third-order valence-electron chi connectivity index (χ3n) is 4.56. The summed E-state index contributed by atoms with van der Waals surface area (Å²) in [5.74, 6) is 1.22. The van der Waals surface area contributed by atoms with Gasteiger partial charge in [0, 0.05) is 19.2 Å². The molecule has 1 amide bonds. The molecule has 30 heavy (non-hydrogen) atoms. The van der Waals surface area contributed by atoms with Gasteiger partial charge in [0.05, 0.1) is 7.11 Å². The van der Waals surface area contributed by atoms with Gasteiger partial charge in [-0.15, -0.1) is 0 Å². The Morgan fingerprint density at radius 2 is 1.90 bits per heavy atom. The molecule has 7 nitrogen and oxygen atoms in total. The van der Waals surface area contributed by atoms with Gasteiger partial charge in [0.15, 0.2) is 18.1 Å². The second-order valence-electron chi connectivity index (χ2n) is 6.60. The summed E-state index contributed by atoms with van der Waals surface area (Å²) >= 11 is 0. The van der Waals surface area contributed by atoms with Gasteiger partial charge in [-0.2, -0.15) is 0 Å². The maximum absolute atomic E-state index is 12.5. The molecule has 1 heterocycles. The fraction of sp³-hybridized carbons (Fsp3) is 0.304. The molecule has 158 valence electrons. The highest BCUT2D eigenvalue weighted by Gasteiger charge is 2.17. The summed E-state index contributed by atoms with van der Waals surface area (Å²) in [6, 6.07) is 12.9. The average molecular weight is 411 g/mol. The van der Waals surface area contributed by atoms with Gasteiger partial charge in [-0.1, -0.05) is 18.2 Å². The molecule has 0 unspecified atom stereocenters. The Labute approximate surface area is 175 Å². The normalized spacial score (nSPS) is 12.5. The largest absolute Gasteiger partial charge is 0.497 e. The molecule has 0 fully saturated rings. The Morgan fingerprint density at radius 1 is 1.10 bits per heavy atom. The molecule has 0 saturated heterocycles. The van der Waals surface area contributed by atoms with Crippen molar-refractivity contribution < 1.29 is 28.5 Å². The van der Waals surface area contributed by atoms with Crippen LogP contribution in [-0.4, -0.2) is 50.3 Å². The third kappa shape index (κ3) is 5.76. The van der Waals surface area contributed by atoms with E-state index in [1.165, 1.54) is 6.08 Å². The minimum atomic E-state index is -0.582. The predicted molar refractivity (Wildman–Crippen MR) is 112 cm³/mol. The summed E-state index contributed by atoms with van der Waals surface area (Å²) in [6.07, 6.45) is 2.90. The van der Waals surface area contributed by atoms with Gasteiger partial charge in [-0.05, 0) is 48.4 Å². The number of esters is 1. The van der Waals surface area contributed by atoms with Gasteiger partial charge < -0.3 is 23.8 Å². The van der Waals surface area contributed by atoms with E-state index in [0.29, 0.717) is 43.6 Å². The van der Waals surface area contributed by atoms with E-state index in [2.05, 4.69) is 0 Å². The number of likely N-dealkylation sites (N-methyl/N-ethyl adjacent to an activating group) is 1. The molecule has 0 aromatic heterocycles. The van der Waals surface area contributed by atoms with Crippen LogP contribution in [0.2, 0.25) is 0 Å². The summed E-state index contributed by atoms with van der Waals surface area (Å²) < 4.78 is 21.3. The number of nitrogens with zero attached hydrogens (tertiary/aromatic N) is 1. The molecule has 1 aliphatic rings. The highest BCUT2D eigenvalue weighted by Crippen LogP contribution is 2.31. The van der Waals surface area contributed by atoms with Crippen molar-refractivity contribution in [2.24, 2.45) is 0 Å². The molecule has 0 N–H and O–H groups in total. The summed E-state index contributed by atoms with van der Waals surface area (Å²) in [5.41, 5.74) is 1.71. The Morgan fingerprint density at radius 3 is 2.67 bits per heavy atom.